The third kappa shape index (κ3) is 5.50. The fraction of sp³-hybridized carbons (Fsp3) is 0.364. The molecule has 0 aliphatic heterocycles. The van der Waals surface area contributed by atoms with E-state index >= 15 is 0 Å². The van der Waals surface area contributed by atoms with Crippen molar-refractivity contribution in [1.29, 1.82) is 0 Å². The summed E-state index contributed by atoms with van der Waals surface area (Å²) in [5.41, 5.74) is -1.73. The number of aromatic nitrogens is 3. The number of rotatable bonds is 8. The van der Waals surface area contributed by atoms with E-state index in [4.69, 9.17) is 0 Å². The molecule has 0 aliphatic carbocycles. The smallest absolute Gasteiger partial charge is 0.386 e. The Labute approximate surface area is 182 Å². The van der Waals surface area contributed by atoms with Gasteiger partial charge in [-0.25, -0.2) is 4.98 Å². The molecular formula is C22H23F3N4O3. The summed E-state index contributed by atoms with van der Waals surface area (Å²) in [5, 5.41) is 18.3. The first-order valence-corrected chi connectivity index (χ1v) is 10.0. The largest absolute Gasteiger partial charge is 0.433 e. The molecule has 0 fully saturated rings. The van der Waals surface area contributed by atoms with Crippen molar-refractivity contribution in [3.8, 4) is 0 Å². The molecular weight excluding hydrogens is 425 g/mol. The summed E-state index contributed by atoms with van der Waals surface area (Å²) in [4.78, 5) is 26.5. The molecule has 32 heavy (non-hydrogen) atoms. The van der Waals surface area contributed by atoms with Crippen LogP contribution in [-0.4, -0.2) is 32.1 Å². The highest BCUT2D eigenvalue weighted by Gasteiger charge is 2.33. The molecule has 0 spiro atoms. The minimum atomic E-state index is -4.67. The van der Waals surface area contributed by atoms with Gasteiger partial charge in [0.2, 0.25) is 0 Å². The summed E-state index contributed by atoms with van der Waals surface area (Å²) in [7, 11) is 0. The fourth-order valence-electron chi connectivity index (χ4n) is 3.25. The number of pyridine rings is 1. The number of nitrogens with zero attached hydrogens (tertiary/aromatic N) is 3. The molecule has 0 unspecified atom stereocenters. The van der Waals surface area contributed by atoms with Crippen LogP contribution in [0.25, 0.3) is 10.9 Å². The Hall–Kier alpha value is -3.27. The second kappa shape index (κ2) is 9.07. The van der Waals surface area contributed by atoms with Crippen LogP contribution in [0.15, 0.2) is 36.5 Å². The standard InChI is InChI=1S/C22H23F3N4O3/c1-21(2,32)15-12-17-14(13-29(28-17)9-4-3-5-10-30)11-18(15)27-20(31)16-7-6-8-19(26-16)22(23,24)25/h6-8,10-13,32H,3-5,9H2,1-2H3,(H,27,31). The average Bonchev–Trinajstić information content (AvgIpc) is 3.11. The van der Waals surface area contributed by atoms with E-state index in [9.17, 15) is 27.9 Å². The van der Waals surface area contributed by atoms with Crippen molar-refractivity contribution in [2.45, 2.75) is 51.4 Å². The summed E-state index contributed by atoms with van der Waals surface area (Å²) < 4.78 is 40.5. The van der Waals surface area contributed by atoms with Gasteiger partial charge in [0.05, 0.1) is 11.1 Å². The predicted molar refractivity (Wildman–Crippen MR) is 112 cm³/mol. The zero-order chi connectivity index (χ0) is 23.5. The van der Waals surface area contributed by atoms with E-state index in [1.54, 1.807) is 23.0 Å². The lowest BCUT2D eigenvalue weighted by molar-refractivity contribution is -0.141. The maximum Gasteiger partial charge on any atom is 0.433 e. The number of carbonyl (C=O) groups is 2. The highest BCUT2D eigenvalue weighted by molar-refractivity contribution is 6.04. The zero-order valence-corrected chi connectivity index (χ0v) is 17.6. The molecule has 7 nitrogen and oxygen atoms in total. The molecule has 2 aromatic heterocycles. The number of alkyl halides is 3. The van der Waals surface area contributed by atoms with Crippen molar-refractivity contribution < 1.29 is 27.9 Å². The zero-order valence-electron chi connectivity index (χ0n) is 17.6. The van der Waals surface area contributed by atoms with Gasteiger partial charge >= 0.3 is 6.18 Å². The van der Waals surface area contributed by atoms with Gasteiger partial charge in [-0.1, -0.05) is 6.07 Å². The highest BCUT2D eigenvalue weighted by Crippen LogP contribution is 2.32. The SMILES string of the molecule is CC(C)(O)c1cc2nn(CCCCC=O)cc2cc1NC(=O)c1cccc(C(F)(F)F)n1. The first-order valence-electron chi connectivity index (χ1n) is 10.0. The van der Waals surface area contributed by atoms with E-state index in [0.717, 1.165) is 31.3 Å². The number of aliphatic hydroxyl groups is 1. The lowest BCUT2D eigenvalue weighted by atomic mass is 9.95. The lowest BCUT2D eigenvalue weighted by Gasteiger charge is -2.22. The van der Waals surface area contributed by atoms with Crippen LogP contribution in [0.4, 0.5) is 18.9 Å². The Morgan fingerprint density at radius 2 is 1.97 bits per heavy atom. The molecule has 10 heteroatoms. The quantitative estimate of drug-likeness (QED) is 0.396. The van der Waals surface area contributed by atoms with E-state index in [-0.39, 0.29) is 5.69 Å². The molecule has 0 saturated heterocycles. The number of fused-ring (bicyclic) bond motifs is 1. The average molecular weight is 448 g/mol. The van der Waals surface area contributed by atoms with Crippen molar-refractivity contribution >= 4 is 28.8 Å². The molecule has 1 amide bonds. The monoisotopic (exact) mass is 448 g/mol. The maximum absolute atomic E-state index is 12.9. The van der Waals surface area contributed by atoms with Gasteiger partial charge in [0.25, 0.3) is 5.91 Å². The van der Waals surface area contributed by atoms with Gasteiger partial charge in [-0.15, -0.1) is 0 Å². The van der Waals surface area contributed by atoms with E-state index in [2.05, 4.69) is 15.4 Å². The molecule has 3 aromatic rings. The van der Waals surface area contributed by atoms with Crippen molar-refractivity contribution in [3.63, 3.8) is 0 Å². The topological polar surface area (TPSA) is 97.1 Å². The van der Waals surface area contributed by atoms with E-state index < -0.39 is 29.1 Å². The van der Waals surface area contributed by atoms with Gasteiger partial charge < -0.3 is 15.2 Å². The summed E-state index contributed by atoms with van der Waals surface area (Å²) in [6.07, 6.45) is -0.0705. The number of aldehydes is 1. The molecule has 0 radical (unpaired) electrons. The van der Waals surface area contributed by atoms with Crippen LogP contribution in [0.1, 0.15) is 54.9 Å². The van der Waals surface area contributed by atoms with Crippen LogP contribution < -0.4 is 5.32 Å². The Bertz CT molecular complexity index is 1130. The number of anilines is 1. The first-order chi connectivity index (χ1) is 15.0. The minimum Gasteiger partial charge on any atom is -0.386 e. The fourth-order valence-corrected chi connectivity index (χ4v) is 3.25. The Balaban J connectivity index is 1.92. The van der Waals surface area contributed by atoms with Crippen molar-refractivity contribution in [2.24, 2.45) is 0 Å². The number of carbonyl (C=O) groups excluding carboxylic acids is 2. The van der Waals surface area contributed by atoms with Crippen LogP contribution in [-0.2, 0) is 23.1 Å². The Morgan fingerprint density at radius 1 is 1.22 bits per heavy atom. The molecule has 2 heterocycles. The summed E-state index contributed by atoms with van der Waals surface area (Å²) in [6.45, 7) is 3.65. The van der Waals surface area contributed by atoms with Crippen LogP contribution in [0.5, 0.6) is 0 Å². The van der Waals surface area contributed by atoms with E-state index in [1.165, 1.54) is 19.9 Å². The number of nitrogens with one attached hydrogen (secondary N) is 1. The van der Waals surface area contributed by atoms with E-state index in [0.29, 0.717) is 29.4 Å². The predicted octanol–water partition coefficient (Wildman–Crippen LogP) is 4.30. The van der Waals surface area contributed by atoms with Crippen LogP contribution in [0.3, 0.4) is 0 Å². The van der Waals surface area contributed by atoms with Crippen LogP contribution in [0.2, 0.25) is 0 Å². The van der Waals surface area contributed by atoms with Crippen LogP contribution in [0, 0.1) is 0 Å². The number of halogens is 3. The van der Waals surface area contributed by atoms with Crippen molar-refractivity contribution in [1.82, 2.24) is 14.8 Å². The van der Waals surface area contributed by atoms with Crippen molar-refractivity contribution in [2.75, 3.05) is 5.32 Å². The lowest BCUT2D eigenvalue weighted by Crippen LogP contribution is -2.22. The third-order valence-electron chi connectivity index (χ3n) is 4.83. The molecule has 2 N–H and O–H groups in total. The number of amides is 1. The molecule has 170 valence electrons. The minimum absolute atomic E-state index is 0.245. The summed E-state index contributed by atoms with van der Waals surface area (Å²) in [6, 6.07) is 6.33. The van der Waals surface area contributed by atoms with Crippen LogP contribution >= 0.6 is 0 Å². The second-order valence-electron chi connectivity index (χ2n) is 7.93. The molecule has 0 aliphatic rings. The van der Waals surface area contributed by atoms with Gasteiger partial charge in [-0.05, 0) is 51.0 Å². The molecule has 1 aromatic carbocycles. The first kappa shape index (κ1) is 23.4. The molecule has 0 saturated carbocycles. The van der Waals surface area contributed by atoms with E-state index in [1.807, 2.05) is 0 Å². The summed E-state index contributed by atoms with van der Waals surface area (Å²) in [5.74, 6) is -0.831. The van der Waals surface area contributed by atoms with Gasteiger partial charge in [0.1, 0.15) is 17.7 Å². The maximum atomic E-state index is 12.9. The number of unbranched alkanes of at least 4 members (excludes halogenated alkanes) is 2. The normalized spacial score (nSPS) is 12.2. The van der Waals surface area contributed by atoms with Gasteiger partial charge in [0.15, 0.2) is 0 Å². The van der Waals surface area contributed by atoms with Crippen molar-refractivity contribution in [3.05, 3.63) is 53.5 Å². The number of hydrogen-bond donors (Lipinski definition) is 2. The van der Waals surface area contributed by atoms with Gasteiger partial charge in [-0.3, -0.25) is 9.48 Å². The Kier molecular flexibility index (Phi) is 6.63. The highest BCUT2D eigenvalue weighted by atomic mass is 19.4. The molecule has 0 atom stereocenters. The Morgan fingerprint density at radius 3 is 2.62 bits per heavy atom. The summed E-state index contributed by atoms with van der Waals surface area (Å²) >= 11 is 0. The van der Waals surface area contributed by atoms with Gasteiger partial charge in [-0.2, -0.15) is 18.3 Å². The number of benzene rings is 1. The number of hydrogen-bond acceptors (Lipinski definition) is 5. The molecule has 0 bridgehead atoms. The third-order valence-corrected chi connectivity index (χ3v) is 4.83. The molecule has 3 rings (SSSR count). The second-order valence-corrected chi connectivity index (χ2v) is 7.93. The van der Waals surface area contributed by atoms with Gasteiger partial charge in [0, 0.05) is 35.8 Å². The number of aryl methyl sites for hydroxylation is 1.